The van der Waals surface area contributed by atoms with Gasteiger partial charge in [0.15, 0.2) is 0 Å². The first kappa shape index (κ1) is 19.3. The third-order valence-corrected chi connectivity index (χ3v) is 4.43. The molecule has 0 spiro atoms. The van der Waals surface area contributed by atoms with E-state index in [1.807, 2.05) is 55.5 Å². The Morgan fingerprint density at radius 1 is 1.16 bits per heavy atom. The molecule has 0 bridgehead atoms. The average molecular weight is 361 g/mol. The fourth-order valence-electron chi connectivity index (χ4n) is 2.99. The number of rotatable bonds is 5. The van der Waals surface area contributed by atoms with Crippen LogP contribution < -0.4 is 15.8 Å². The number of benzene rings is 2. The Labute approximate surface area is 155 Å². The van der Waals surface area contributed by atoms with Crippen LogP contribution in [0.2, 0.25) is 0 Å². The van der Waals surface area contributed by atoms with Gasteiger partial charge < -0.3 is 15.8 Å². The molecule has 25 heavy (non-hydrogen) atoms. The molecule has 1 atom stereocenters. The lowest BCUT2D eigenvalue weighted by atomic mass is 10.1. The van der Waals surface area contributed by atoms with Crippen LogP contribution in [-0.4, -0.2) is 12.0 Å². The van der Waals surface area contributed by atoms with Gasteiger partial charge in [-0.2, -0.15) is 0 Å². The van der Waals surface area contributed by atoms with Crippen LogP contribution in [0, 0.1) is 6.92 Å². The third kappa shape index (κ3) is 5.21. The van der Waals surface area contributed by atoms with Crippen molar-refractivity contribution < 1.29 is 9.53 Å². The minimum atomic E-state index is -0.690. The highest BCUT2D eigenvalue weighted by molar-refractivity contribution is 5.95. The lowest BCUT2D eigenvalue weighted by Crippen LogP contribution is -2.27. The quantitative estimate of drug-likeness (QED) is 0.831. The van der Waals surface area contributed by atoms with Gasteiger partial charge in [0.05, 0.1) is 6.10 Å². The minimum Gasteiger partial charge on any atom is -0.490 e. The first-order valence-corrected chi connectivity index (χ1v) is 8.51. The van der Waals surface area contributed by atoms with Crippen molar-refractivity contribution in [1.82, 2.24) is 0 Å². The summed E-state index contributed by atoms with van der Waals surface area (Å²) < 4.78 is 5.97. The van der Waals surface area contributed by atoms with Crippen LogP contribution in [0.1, 0.15) is 42.9 Å². The van der Waals surface area contributed by atoms with Gasteiger partial charge in [-0.3, -0.25) is 4.79 Å². The summed E-state index contributed by atoms with van der Waals surface area (Å²) in [5.74, 6) is 0.570. The normalized spacial score (nSPS) is 15.3. The van der Waals surface area contributed by atoms with Crippen molar-refractivity contribution in [2.75, 3.05) is 5.32 Å². The van der Waals surface area contributed by atoms with Crippen LogP contribution in [-0.2, 0) is 4.79 Å². The molecule has 4 nitrogen and oxygen atoms in total. The zero-order chi connectivity index (χ0) is 16.9. The maximum atomic E-state index is 12.4. The van der Waals surface area contributed by atoms with Gasteiger partial charge in [-0.05, 0) is 50.3 Å². The fourth-order valence-corrected chi connectivity index (χ4v) is 2.99. The van der Waals surface area contributed by atoms with Gasteiger partial charge in [-0.1, -0.05) is 35.9 Å². The first-order valence-electron chi connectivity index (χ1n) is 8.51. The van der Waals surface area contributed by atoms with Crippen molar-refractivity contribution >= 4 is 24.0 Å². The SMILES string of the molecule is Cc1ccc(C(N)C(=O)Nc2cccc(OC3CCCC3)c2)cc1.Cl. The summed E-state index contributed by atoms with van der Waals surface area (Å²) in [6.45, 7) is 2.01. The van der Waals surface area contributed by atoms with E-state index in [9.17, 15) is 4.79 Å². The maximum absolute atomic E-state index is 12.4. The van der Waals surface area contributed by atoms with Crippen molar-refractivity contribution in [2.24, 2.45) is 5.73 Å². The molecule has 0 aromatic heterocycles. The molecule has 1 amide bonds. The average Bonchev–Trinajstić information content (AvgIpc) is 3.08. The number of nitrogens with one attached hydrogen (secondary N) is 1. The van der Waals surface area contributed by atoms with E-state index >= 15 is 0 Å². The molecule has 0 saturated heterocycles. The van der Waals surface area contributed by atoms with E-state index < -0.39 is 6.04 Å². The summed E-state index contributed by atoms with van der Waals surface area (Å²) >= 11 is 0. The predicted octanol–water partition coefficient (Wildman–Crippen LogP) is 4.38. The highest BCUT2D eigenvalue weighted by Crippen LogP contribution is 2.26. The number of halogens is 1. The molecule has 2 aromatic carbocycles. The van der Waals surface area contributed by atoms with Crippen molar-refractivity contribution in [3.63, 3.8) is 0 Å². The largest absolute Gasteiger partial charge is 0.490 e. The summed E-state index contributed by atoms with van der Waals surface area (Å²) in [4.78, 5) is 12.4. The molecule has 1 aliphatic carbocycles. The highest BCUT2D eigenvalue weighted by Gasteiger charge is 2.18. The molecule has 3 N–H and O–H groups in total. The summed E-state index contributed by atoms with van der Waals surface area (Å²) in [7, 11) is 0. The van der Waals surface area contributed by atoms with Gasteiger partial charge >= 0.3 is 0 Å². The number of carbonyl (C=O) groups is 1. The van der Waals surface area contributed by atoms with Crippen LogP contribution in [0.15, 0.2) is 48.5 Å². The number of hydrogen-bond acceptors (Lipinski definition) is 3. The topological polar surface area (TPSA) is 64.4 Å². The molecule has 1 unspecified atom stereocenters. The zero-order valence-electron chi connectivity index (χ0n) is 14.4. The minimum absolute atomic E-state index is 0. The third-order valence-electron chi connectivity index (χ3n) is 4.43. The van der Waals surface area contributed by atoms with Crippen LogP contribution >= 0.6 is 12.4 Å². The van der Waals surface area contributed by atoms with E-state index in [2.05, 4.69) is 5.32 Å². The zero-order valence-corrected chi connectivity index (χ0v) is 15.2. The van der Waals surface area contributed by atoms with Crippen LogP contribution in [0.4, 0.5) is 5.69 Å². The maximum Gasteiger partial charge on any atom is 0.245 e. The molecule has 0 radical (unpaired) electrons. The molecule has 1 fully saturated rings. The summed E-state index contributed by atoms with van der Waals surface area (Å²) in [6.07, 6.45) is 4.97. The molecule has 1 aliphatic rings. The van der Waals surface area contributed by atoms with E-state index in [4.69, 9.17) is 10.5 Å². The van der Waals surface area contributed by atoms with Crippen molar-refractivity contribution in [3.8, 4) is 5.75 Å². The van der Waals surface area contributed by atoms with Gasteiger partial charge in [0.2, 0.25) is 5.91 Å². The number of carbonyl (C=O) groups excluding carboxylic acids is 1. The Bertz CT molecular complexity index is 697. The molecule has 1 saturated carbocycles. The number of amides is 1. The van der Waals surface area contributed by atoms with E-state index in [1.165, 1.54) is 12.8 Å². The predicted molar refractivity (Wildman–Crippen MR) is 103 cm³/mol. The monoisotopic (exact) mass is 360 g/mol. The van der Waals surface area contributed by atoms with Gasteiger partial charge in [0.25, 0.3) is 0 Å². The van der Waals surface area contributed by atoms with Gasteiger partial charge in [-0.25, -0.2) is 0 Å². The Hall–Kier alpha value is -2.04. The Kier molecular flexibility index (Phi) is 6.85. The fraction of sp³-hybridized carbons (Fsp3) is 0.350. The first-order chi connectivity index (χ1) is 11.6. The molecule has 0 aliphatic heterocycles. The van der Waals surface area contributed by atoms with Gasteiger partial charge in [-0.15, -0.1) is 12.4 Å². The molecular weight excluding hydrogens is 336 g/mol. The number of hydrogen-bond donors (Lipinski definition) is 2. The Morgan fingerprint density at radius 3 is 2.52 bits per heavy atom. The molecule has 2 aromatic rings. The standard InChI is InChI=1S/C20H24N2O2.ClH/c1-14-9-11-15(12-10-14)19(21)20(23)22-16-5-4-8-18(13-16)24-17-6-2-3-7-17;/h4-5,8-13,17,19H,2-3,6-7,21H2,1H3,(H,22,23);1H. The number of aryl methyl sites for hydroxylation is 1. The Morgan fingerprint density at radius 2 is 1.84 bits per heavy atom. The van der Waals surface area contributed by atoms with E-state index in [0.29, 0.717) is 11.8 Å². The molecule has 134 valence electrons. The van der Waals surface area contributed by atoms with Crippen LogP contribution in [0.3, 0.4) is 0 Å². The molecule has 3 rings (SSSR count). The number of ether oxygens (including phenoxy) is 1. The Balaban J connectivity index is 0.00000225. The van der Waals surface area contributed by atoms with E-state index in [-0.39, 0.29) is 18.3 Å². The van der Waals surface area contributed by atoms with Crippen molar-refractivity contribution in [1.29, 1.82) is 0 Å². The lowest BCUT2D eigenvalue weighted by Gasteiger charge is -2.16. The second-order valence-corrected chi connectivity index (χ2v) is 6.43. The molecule has 5 heteroatoms. The van der Waals surface area contributed by atoms with Crippen molar-refractivity contribution in [2.45, 2.75) is 44.8 Å². The van der Waals surface area contributed by atoms with E-state index in [1.54, 1.807) is 0 Å². The lowest BCUT2D eigenvalue weighted by molar-refractivity contribution is -0.117. The smallest absolute Gasteiger partial charge is 0.245 e. The number of nitrogens with two attached hydrogens (primary N) is 1. The molecular formula is C20H25ClN2O2. The second kappa shape index (κ2) is 8.88. The molecule has 0 heterocycles. The summed E-state index contributed by atoms with van der Waals surface area (Å²) in [5.41, 5.74) is 8.71. The van der Waals surface area contributed by atoms with Gasteiger partial charge in [0.1, 0.15) is 11.8 Å². The highest BCUT2D eigenvalue weighted by atomic mass is 35.5. The summed E-state index contributed by atoms with van der Waals surface area (Å²) in [6, 6.07) is 14.5. The number of anilines is 1. The van der Waals surface area contributed by atoms with E-state index in [0.717, 1.165) is 29.7 Å². The van der Waals surface area contributed by atoms with Gasteiger partial charge in [0, 0.05) is 11.8 Å². The summed E-state index contributed by atoms with van der Waals surface area (Å²) in [5, 5.41) is 2.88. The van der Waals surface area contributed by atoms with Crippen LogP contribution in [0.5, 0.6) is 5.75 Å². The van der Waals surface area contributed by atoms with Crippen molar-refractivity contribution in [3.05, 3.63) is 59.7 Å². The van der Waals surface area contributed by atoms with Crippen LogP contribution in [0.25, 0.3) is 0 Å². The second-order valence-electron chi connectivity index (χ2n) is 6.43.